The highest BCUT2D eigenvalue weighted by Crippen LogP contribution is 2.22. The van der Waals surface area contributed by atoms with Crippen molar-refractivity contribution < 1.29 is 0 Å². The van der Waals surface area contributed by atoms with Gasteiger partial charge < -0.3 is 4.57 Å². The van der Waals surface area contributed by atoms with Gasteiger partial charge in [0.15, 0.2) is 0 Å². The van der Waals surface area contributed by atoms with E-state index >= 15 is 0 Å². The topological polar surface area (TPSA) is 41.6 Å². The molecule has 0 saturated heterocycles. The first-order valence-electron chi connectivity index (χ1n) is 7.06. The number of imidazole rings is 1. The molecule has 0 N–H and O–H groups in total. The predicted octanol–water partition coefficient (Wildman–Crippen LogP) is 3.77. The highest BCUT2D eigenvalue weighted by atomic mass is 15.1. The molecule has 3 heteroatoms. The largest absolute Gasteiger partial charge is 0.323 e. The van der Waals surface area contributed by atoms with Gasteiger partial charge in [0.25, 0.3) is 0 Å². The summed E-state index contributed by atoms with van der Waals surface area (Å²) in [5.41, 5.74) is 5.77. The molecule has 3 aromatic rings. The summed E-state index contributed by atoms with van der Waals surface area (Å²) in [6.07, 6.45) is 0.333. The van der Waals surface area contributed by atoms with Crippen LogP contribution in [0.2, 0.25) is 0 Å². The molecule has 0 aliphatic rings. The van der Waals surface area contributed by atoms with Gasteiger partial charge in [0.05, 0.1) is 23.5 Å². The van der Waals surface area contributed by atoms with E-state index in [0.29, 0.717) is 6.42 Å². The summed E-state index contributed by atoms with van der Waals surface area (Å²) in [6, 6.07) is 16.8. The summed E-state index contributed by atoms with van der Waals surface area (Å²) in [4.78, 5) is 4.64. The van der Waals surface area contributed by atoms with Crippen LogP contribution in [0.4, 0.5) is 0 Å². The summed E-state index contributed by atoms with van der Waals surface area (Å²) in [5, 5.41) is 9.04. The first-order chi connectivity index (χ1) is 10.2. The number of nitriles is 1. The molecule has 0 spiro atoms. The van der Waals surface area contributed by atoms with Crippen LogP contribution in [0.1, 0.15) is 22.5 Å². The average Bonchev–Trinajstić information content (AvgIpc) is 2.79. The van der Waals surface area contributed by atoms with Crippen molar-refractivity contribution in [1.29, 1.82) is 5.26 Å². The molecule has 0 unspecified atom stereocenters. The van der Waals surface area contributed by atoms with Crippen LogP contribution in [0.25, 0.3) is 11.0 Å². The predicted molar refractivity (Wildman–Crippen MR) is 84.1 cm³/mol. The zero-order valence-electron chi connectivity index (χ0n) is 12.3. The minimum absolute atomic E-state index is 0.333. The number of hydrogen-bond donors (Lipinski definition) is 0. The van der Waals surface area contributed by atoms with Crippen LogP contribution in [-0.2, 0) is 13.0 Å². The molecule has 21 heavy (non-hydrogen) atoms. The molecule has 104 valence electrons. The summed E-state index contributed by atoms with van der Waals surface area (Å²) >= 11 is 0. The molecule has 0 bridgehead atoms. The Kier molecular flexibility index (Phi) is 3.45. The lowest BCUT2D eigenvalue weighted by Gasteiger charge is -2.08. The highest BCUT2D eigenvalue weighted by molar-refractivity contribution is 5.78. The van der Waals surface area contributed by atoms with Crippen molar-refractivity contribution in [3.05, 3.63) is 65.0 Å². The molecule has 2 aromatic carbocycles. The minimum Gasteiger partial charge on any atom is -0.323 e. The maximum atomic E-state index is 9.04. The van der Waals surface area contributed by atoms with Gasteiger partial charge in [-0.2, -0.15) is 5.26 Å². The second kappa shape index (κ2) is 5.41. The molecule has 0 amide bonds. The summed E-state index contributed by atoms with van der Waals surface area (Å²) < 4.78 is 2.15. The molecular formula is C18H17N3. The Hall–Kier alpha value is -2.60. The van der Waals surface area contributed by atoms with Gasteiger partial charge in [-0.1, -0.05) is 30.3 Å². The van der Waals surface area contributed by atoms with Crippen molar-refractivity contribution in [2.75, 3.05) is 0 Å². The third-order valence-electron chi connectivity index (χ3n) is 3.86. The molecule has 1 aromatic heterocycles. The van der Waals surface area contributed by atoms with E-state index in [1.54, 1.807) is 0 Å². The standard InChI is InChI=1S/C18H17N3/c1-13-10-16-17(11-14(13)2)21(18(20-16)8-9-19)12-15-6-4-3-5-7-15/h3-7,10-11H,8,12H2,1-2H3. The first-order valence-corrected chi connectivity index (χ1v) is 7.06. The van der Waals surface area contributed by atoms with Crippen molar-refractivity contribution in [1.82, 2.24) is 9.55 Å². The van der Waals surface area contributed by atoms with Crippen LogP contribution in [0.5, 0.6) is 0 Å². The molecule has 3 nitrogen and oxygen atoms in total. The van der Waals surface area contributed by atoms with Gasteiger partial charge in [-0.25, -0.2) is 4.98 Å². The van der Waals surface area contributed by atoms with Gasteiger partial charge in [-0.05, 0) is 42.7 Å². The zero-order chi connectivity index (χ0) is 14.8. The smallest absolute Gasteiger partial charge is 0.124 e. The van der Waals surface area contributed by atoms with E-state index in [9.17, 15) is 0 Å². The van der Waals surface area contributed by atoms with E-state index in [0.717, 1.165) is 23.4 Å². The summed E-state index contributed by atoms with van der Waals surface area (Å²) in [7, 11) is 0. The van der Waals surface area contributed by atoms with Crippen LogP contribution in [0.15, 0.2) is 42.5 Å². The van der Waals surface area contributed by atoms with Gasteiger partial charge in [-0.3, -0.25) is 0 Å². The van der Waals surface area contributed by atoms with Crippen LogP contribution < -0.4 is 0 Å². The average molecular weight is 275 g/mol. The lowest BCUT2D eigenvalue weighted by molar-refractivity contribution is 0.769. The number of benzene rings is 2. The van der Waals surface area contributed by atoms with Gasteiger partial charge in [-0.15, -0.1) is 0 Å². The quantitative estimate of drug-likeness (QED) is 0.730. The Bertz CT molecular complexity index is 823. The third-order valence-corrected chi connectivity index (χ3v) is 3.86. The molecule has 0 fully saturated rings. The monoisotopic (exact) mass is 275 g/mol. The molecular weight excluding hydrogens is 258 g/mol. The molecule has 3 rings (SSSR count). The molecule has 1 heterocycles. The maximum Gasteiger partial charge on any atom is 0.124 e. The fourth-order valence-corrected chi connectivity index (χ4v) is 2.58. The number of hydrogen-bond acceptors (Lipinski definition) is 2. The Morgan fingerprint density at radius 1 is 1.10 bits per heavy atom. The third kappa shape index (κ3) is 2.53. The molecule has 0 aliphatic heterocycles. The molecule has 0 saturated carbocycles. The highest BCUT2D eigenvalue weighted by Gasteiger charge is 2.12. The first kappa shape index (κ1) is 13.4. The minimum atomic E-state index is 0.333. The summed E-state index contributed by atoms with van der Waals surface area (Å²) in [6.45, 7) is 4.95. The second-order valence-electron chi connectivity index (χ2n) is 5.36. The van der Waals surface area contributed by atoms with Gasteiger partial charge in [0.1, 0.15) is 5.82 Å². The van der Waals surface area contributed by atoms with E-state index in [-0.39, 0.29) is 0 Å². The Morgan fingerprint density at radius 2 is 1.81 bits per heavy atom. The van der Waals surface area contributed by atoms with Crippen molar-refractivity contribution >= 4 is 11.0 Å². The lowest BCUT2D eigenvalue weighted by Crippen LogP contribution is -2.04. The Morgan fingerprint density at radius 3 is 2.52 bits per heavy atom. The van der Waals surface area contributed by atoms with Crippen LogP contribution in [-0.4, -0.2) is 9.55 Å². The number of aromatic nitrogens is 2. The number of rotatable bonds is 3. The van der Waals surface area contributed by atoms with Crippen molar-refractivity contribution in [3.8, 4) is 6.07 Å². The van der Waals surface area contributed by atoms with Gasteiger partial charge >= 0.3 is 0 Å². The van der Waals surface area contributed by atoms with E-state index in [4.69, 9.17) is 5.26 Å². The fraction of sp³-hybridized carbons (Fsp3) is 0.222. The van der Waals surface area contributed by atoms with Crippen molar-refractivity contribution in [2.45, 2.75) is 26.8 Å². The van der Waals surface area contributed by atoms with E-state index in [1.165, 1.54) is 16.7 Å². The SMILES string of the molecule is Cc1cc2nc(CC#N)n(Cc3ccccc3)c2cc1C. The number of nitrogens with zero attached hydrogens (tertiary/aromatic N) is 3. The van der Waals surface area contributed by atoms with Crippen molar-refractivity contribution in [3.63, 3.8) is 0 Å². The van der Waals surface area contributed by atoms with Crippen LogP contribution >= 0.6 is 0 Å². The van der Waals surface area contributed by atoms with E-state index in [2.05, 4.69) is 53.7 Å². The second-order valence-corrected chi connectivity index (χ2v) is 5.36. The Labute approximate surface area is 124 Å². The van der Waals surface area contributed by atoms with Crippen LogP contribution in [0.3, 0.4) is 0 Å². The lowest BCUT2D eigenvalue weighted by atomic mass is 10.1. The van der Waals surface area contributed by atoms with Gasteiger partial charge in [0.2, 0.25) is 0 Å². The van der Waals surface area contributed by atoms with Crippen molar-refractivity contribution in [2.24, 2.45) is 0 Å². The normalized spacial score (nSPS) is 10.7. The number of fused-ring (bicyclic) bond motifs is 1. The summed E-state index contributed by atoms with van der Waals surface area (Å²) in [5.74, 6) is 0.835. The Balaban J connectivity index is 2.16. The molecule has 0 aliphatic carbocycles. The molecule has 0 atom stereocenters. The molecule has 0 radical (unpaired) electrons. The van der Waals surface area contributed by atoms with E-state index in [1.807, 2.05) is 18.2 Å². The van der Waals surface area contributed by atoms with E-state index < -0.39 is 0 Å². The maximum absolute atomic E-state index is 9.04. The number of aryl methyl sites for hydroxylation is 2. The van der Waals surface area contributed by atoms with Crippen LogP contribution in [0, 0.1) is 25.2 Å². The fourth-order valence-electron chi connectivity index (χ4n) is 2.58. The zero-order valence-corrected chi connectivity index (χ0v) is 12.3. The van der Waals surface area contributed by atoms with Gasteiger partial charge in [0, 0.05) is 6.54 Å².